The number of halogens is 3. The average Bonchev–Trinajstić information content (AvgIpc) is 3.12. The highest BCUT2D eigenvalue weighted by Gasteiger charge is 2.31. The molecule has 23 heavy (non-hydrogen) atoms. The number of hydrogen-bond donors (Lipinski definition) is 1. The van der Waals surface area contributed by atoms with Crippen LogP contribution in [-0.4, -0.2) is 43.4 Å². The molecular weight excluding hydrogens is 313 g/mol. The molecule has 2 aliphatic heterocycles. The molecule has 0 saturated carbocycles. The van der Waals surface area contributed by atoms with Crippen molar-refractivity contribution in [2.24, 2.45) is 0 Å². The van der Waals surface area contributed by atoms with Crippen LogP contribution in [0.3, 0.4) is 0 Å². The van der Waals surface area contributed by atoms with E-state index in [4.69, 9.17) is 9.47 Å². The molecule has 1 amide bonds. The minimum absolute atomic E-state index is 0.00105. The van der Waals surface area contributed by atoms with E-state index in [-0.39, 0.29) is 19.4 Å². The van der Waals surface area contributed by atoms with Crippen LogP contribution in [0.15, 0.2) is 18.2 Å². The van der Waals surface area contributed by atoms with E-state index in [2.05, 4.69) is 0 Å². The monoisotopic (exact) mass is 330 g/mol. The number of hydrogen-bond acceptors (Lipinski definition) is 4. The molecule has 0 unspecified atom stereocenters. The summed E-state index contributed by atoms with van der Waals surface area (Å²) < 4.78 is 47.0. The Morgan fingerprint density at radius 2 is 2.09 bits per heavy atom. The maximum atomic E-state index is 12.1. The van der Waals surface area contributed by atoms with Gasteiger partial charge in [0, 0.05) is 6.04 Å². The fourth-order valence-electron chi connectivity index (χ4n) is 2.95. The molecule has 1 saturated heterocycles. The van der Waals surface area contributed by atoms with Crippen molar-refractivity contribution in [1.29, 1.82) is 0 Å². The lowest BCUT2D eigenvalue weighted by atomic mass is 10.0. The molecule has 0 spiro atoms. The fourth-order valence-corrected chi connectivity index (χ4v) is 2.95. The maximum absolute atomic E-state index is 12.1. The molecule has 2 heterocycles. The zero-order chi connectivity index (χ0) is 16.4. The van der Waals surface area contributed by atoms with Gasteiger partial charge < -0.3 is 14.8 Å². The average molecular weight is 330 g/mol. The quantitative estimate of drug-likeness (QED) is 0.920. The van der Waals surface area contributed by atoms with Crippen molar-refractivity contribution in [1.82, 2.24) is 10.2 Å². The predicted molar refractivity (Wildman–Crippen MR) is 75.2 cm³/mol. The molecule has 1 aromatic carbocycles. The van der Waals surface area contributed by atoms with E-state index in [1.807, 2.05) is 28.4 Å². The van der Waals surface area contributed by atoms with Gasteiger partial charge >= 0.3 is 6.18 Å². The Morgan fingerprint density at radius 3 is 2.87 bits per heavy atom. The van der Waals surface area contributed by atoms with Crippen molar-refractivity contribution in [3.63, 3.8) is 0 Å². The molecule has 5 nitrogen and oxygen atoms in total. The van der Waals surface area contributed by atoms with E-state index in [0.717, 1.165) is 18.4 Å². The lowest BCUT2D eigenvalue weighted by Crippen LogP contribution is -2.40. The predicted octanol–water partition coefficient (Wildman–Crippen LogP) is 2.23. The summed E-state index contributed by atoms with van der Waals surface area (Å²) in [5.74, 6) is 0.729. The molecule has 3 rings (SSSR count). The van der Waals surface area contributed by atoms with Crippen LogP contribution in [0.25, 0.3) is 0 Å². The number of carbonyl (C=O) groups is 1. The summed E-state index contributed by atoms with van der Waals surface area (Å²) in [5, 5.41) is 1.91. The number of ether oxygens (including phenoxy) is 2. The highest BCUT2D eigenvalue weighted by molar-refractivity contribution is 5.78. The van der Waals surface area contributed by atoms with Gasteiger partial charge in [-0.25, -0.2) is 0 Å². The van der Waals surface area contributed by atoms with Gasteiger partial charge in [0.1, 0.15) is 6.54 Å². The van der Waals surface area contributed by atoms with Gasteiger partial charge in [-0.2, -0.15) is 13.2 Å². The second-order valence-electron chi connectivity index (χ2n) is 5.63. The number of fused-ring (bicyclic) bond motifs is 1. The molecule has 2 aliphatic rings. The van der Waals surface area contributed by atoms with Crippen LogP contribution in [0.5, 0.6) is 11.5 Å². The number of amides is 1. The minimum atomic E-state index is -4.39. The third-order valence-electron chi connectivity index (χ3n) is 3.98. The van der Waals surface area contributed by atoms with Gasteiger partial charge in [0.2, 0.25) is 12.7 Å². The van der Waals surface area contributed by atoms with E-state index in [1.165, 1.54) is 0 Å². The van der Waals surface area contributed by atoms with Gasteiger partial charge in [0.05, 0.1) is 6.54 Å². The third-order valence-corrected chi connectivity index (χ3v) is 3.98. The number of rotatable bonds is 4. The number of nitrogens with zero attached hydrogens (tertiary/aromatic N) is 1. The smallest absolute Gasteiger partial charge is 0.405 e. The zero-order valence-corrected chi connectivity index (χ0v) is 12.4. The first-order chi connectivity index (χ1) is 10.9. The van der Waals surface area contributed by atoms with E-state index in [1.54, 1.807) is 0 Å². The van der Waals surface area contributed by atoms with Crippen molar-refractivity contribution in [2.75, 3.05) is 26.4 Å². The fraction of sp³-hybridized carbons (Fsp3) is 0.533. The number of benzene rings is 1. The Balaban J connectivity index is 1.63. The van der Waals surface area contributed by atoms with Crippen LogP contribution in [0.1, 0.15) is 24.4 Å². The lowest BCUT2D eigenvalue weighted by molar-refractivity contribution is -0.139. The molecule has 0 radical (unpaired) electrons. The summed E-state index contributed by atoms with van der Waals surface area (Å²) in [6.45, 7) is -0.477. The molecule has 0 bridgehead atoms. The first kappa shape index (κ1) is 15.9. The highest BCUT2D eigenvalue weighted by Crippen LogP contribution is 2.38. The first-order valence-corrected chi connectivity index (χ1v) is 7.39. The Hall–Kier alpha value is -1.96. The van der Waals surface area contributed by atoms with Gasteiger partial charge in [0.15, 0.2) is 11.5 Å². The van der Waals surface area contributed by atoms with Gasteiger partial charge in [-0.3, -0.25) is 9.69 Å². The summed E-state index contributed by atoms with van der Waals surface area (Å²) in [7, 11) is 0. The van der Waals surface area contributed by atoms with Crippen LogP contribution in [-0.2, 0) is 4.79 Å². The molecule has 1 N–H and O–H groups in total. The summed E-state index contributed by atoms with van der Waals surface area (Å²) in [5.41, 5.74) is 0.982. The Kier molecular flexibility index (Phi) is 4.34. The van der Waals surface area contributed by atoms with E-state index >= 15 is 0 Å². The molecular formula is C15H17F3N2O3. The number of likely N-dealkylation sites (tertiary alicyclic amines) is 1. The normalized spacial score (nSPS) is 20.7. The Bertz CT molecular complexity index is 592. The van der Waals surface area contributed by atoms with E-state index in [0.29, 0.717) is 18.0 Å². The molecule has 1 aromatic rings. The van der Waals surface area contributed by atoms with Crippen LogP contribution in [0.2, 0.25) is 0 Å². The first-order valence-electron chi connectivity index (χ1n) is 7.39. The van der Waals surface area contributed by atoms with Crippen molar-refractivity contribution in [3.05, 3.63) is 23.8 Å². The highest BCUT2D eigenvalue weighted by atomic mass is 19.4. The SMILES string of the molecule is O=C(CN1CCC[C@H]1c1ccc2c(c1)OCO2)NCC(F)(F)F. The Morgan fingerprint density at radius 1 is 1.30 bits per heavy atom. The van der Waals surface area contributed by atoms with Crippen molar-refractivity contribution in [3.8, 4) is 11.5 Å². The molecule has 8 heteroatoms. The summed E-state index contributed by atoms with van der Waals surface area (Å²) >= 11 is 0. The lowest BCUT2D eigenvalue weighted by Gasteiger charge is -2.24. The summed E-state index contributed by atoms with van der Waals surface area (Å²) in [4.78, 5) is 13.6. The van der Waals surface area contributed by atoms with Crippen molar-refractivity contribution in [2.45, 2.75) is 25.1 Å². The molecule has 1 fully saturated rings. The van der Waals surface area contributed by atoms with Crippen LogP contribution in [0, 0.1) is 0 Å². The van der Waals surface area contributed by atoms with Gasteiger partial charge in [-0.15, -0.1) is 0 Å². The third kappa shape index (κ3) is 3.87. The number of alkyl halides is 3. The minimum Gasteiger partial charge on any atom is -0.454 e. The van der Waals surface area contributed by atoms with E-state index in [9.17, 15) is 18.0 Å². The second kappa shape index (κ2) is 6.27. The largest absolute Gasteiger partial charge is 0.454 e. The standard InChI is InChI=1S/C15H17F3N2O3/c16-15(17,18)8-19-14(21)7-20-5-1-2-11(20)10-3-4-12-13(6-10)23-9-22-12/h3-4,6,11H,1-2,5,7-9H2,(H,19,21)/t11-/m0/s1. The summed E-state index contributed by atoms with van der Waals surface area (Å²) in [6, 6.07) is 5.60. The van der Waals surface area contributed by atoms with Crippen molar-refractivity contribution < 1.29 is 27.4 Å². The molecule has 126 valence electrons. The van der Waals surface area contributed by atoms with Gasteiger partial charge in [0.25, 0.3) is 0 Å². The topological polar surface area (TPSA) is 50.8 Å². The van der Waals surface area contributed by atoms with Crippen LogP contribution in [0.4, 0.5) is 13.2 Å². The van der Waals surface area contributed by atoms with Crippen LogP contribution < -0.4 is 14.8 Å². The maximum Gasteiger partial charge on any atom is 0.405 e. The van der Waals surface area contributed by atoms with Gasteiger partial charge in [-0.1, -0.05) is 6.07 Å². The van der Waals surface area contributed by atoms with Crippen LogP contribution >= 0.6 is 0 Å². The van der Waals surface area contributed by atoms with Gasteiger partial charge in [-0.05, 0) is 37.1 Å². The summed E-state index contributed by atoms with van der Waals surface area (Å²) in [6.07, 6.45) is -2.64. The number of nitrogens with one attached hydrogen (secondary N) is 1. The molecule has 0 aliphatic carbocycles. The number of carbonyl (C=O) groups excluding carboxylic acids is 1. The molecule has 1 atom stereocenters. The second-order valence-corrected chi connectivity index (χ2v) is 5.63. The zero-order valence-electron chi connectivity index (χ0n) is 12.4. The van der Waals surface area contributed by atoms with E-state index < -0.39 is 18.6 Å². The molecule has 0 aromatic heterocycles. The van der Waals surface area contributed by atoms with Crippen molar-refractivity contribution >= 4 is 5.91 Å². The Labute approximate surface area is 131 Å².